The molecular formula is C22H35F3IN5. The predicted octanol–water partition coefficient (Wildman–Crippen LogP) is 3.79. The van der Waals surface area contributed by atoms with Crippen LogP contribution in [0.3, 0.4) is 0 Å². The number of rotatable bonds is 7. The van der Waals surface area contributed by atoms with Crippen LogP contribution < -0.4 is 10.6 Å². The van der Waals surface area contributed by atoms with Crippen molar-refractivity contribution >= 4 is 29.9 Å². The quantitative estimate of drug-likeness (QED) is 0.307. The average molecular weight is 553 g/mol. The van der Waals surface area contributed by atoms with E-state index in [1.165, 1.54) is 25.9 Å². The monoisotopic (exact) mass is 553 g/mol. The van der Waals surface area contributed by atoms with Crippen molar-refractivity contribution in [1.82, 2.24) is 20.4 Å². The van der Waals surface area contributed by atoms with Crippen LogP contribution in [0.2, 0.25) is 0 Å². The van der Waals surface area contributed by atoms with E-state index in [-0.39, 0.29) is 24.0 Å². The standard InChI is InChI=1S/C22H34F3N5.HI/c1-3-10-29-11-8-18(15-29)13-27-21(26-2)28-20-9-12-30(16-20)14-17-4-6-19(7-5-17)22(23,24)25;/h4-7,18,20H,3,8-16H2,1-2H3,(H2,26,27,28);1H. The molecule has 2 heterocycles. The van der Waals surface area contributed by atoms with Gasteiger partial charge < -0.3 is 15.5 Å². The summed E-state index contributed by atoms with van der Waals surface area (Å²) in [5.74, 6) is 1.50. The molecule has 2 aliphatic rings. The maximum Gasteiger partial charge on any atom is 0.416 e. The topological polar surface area (TPSA) is 42.9 Å². The summed E-state index contributed by atoms with van der Waals surface area (Å²) in [5.41, 5.74) is 0.311. The molecule has 0 radical (unpaired) electrons. The van der Waals surface area contributed by atoms with E-state index < -0.39 is 11.7 Å². The van der Waals surface area contributed by atoms with Gasteiger partial charge in [0.15, 0.2) is 5.96 Å². The van der Waals surface area contributed by atoms with Gasteiger partial charge in [0, 0.05) is 45.8 Å². The summed E-state index contributed by atoms with van der Waals surface area (Å²) in [6.07, 6.45) is -0.853. The van der Waals surface area contributed by atoms with Gasteiger partial charge in [0.2, 0.25) is 0 Å². The summed E-state index contributed by atoms with van der Waals surface area (Å²) in [4.78, 5) is 9.16. The zero-order valence-corrected chi connectivity index (χ0v) is 20.7. The number of nitrogens with one attached hydrogen (secondary N) is 2. The van der Waals surface area contributed by atoms with E-state index in [2.05, 4.69) is 32.3 Å². The number of guanidine groups is 1. The van der Waals surface area contributed by atoms with Gasteiger partial charge in [-0.15, -0.1) is 24.0 Å². The van der Waals surface area contributed by atoms with Crippen LogP contribution in [0.25, 0.3) is 0 Å². The molecule has 2 N–H and O–H groups in total. The number of nitrogens with zero attached hydrogens (tertiary/aromatic N) is 3. The summed E-state index contributed by atoms with van der Waals surface area (Å²) in [6, 6.07) is 5.78. The van der Waals surface area contributed by atoms with Crippen LogP contribution in [0, 0.1) is 5.92 Å². The van der Waals surface area contributed by atoms with Crippen molar-refractivity contribution in [2.45, 2.75) is 44.9 Å². The highest BCUT2D eigenvalue weighted by Gasteiger charge is 2.30. The molecule has 31 heavy (non-hydrogen) atoms. The molecule has 2 aliphatic heterocycles. The normalized spacial score (nSPS) is 23.1. The molecule has 5 nitrogen and oxygen atoms in total. The van der Waals surface area contributed by atoms with Crippen molar-refractivity contribution in [3.05, 3.63) is 35.4 Å². The highest BCUT2D eigenvalue weighted by molar-refractivity contribution is 14.0. The van der Waals surface area contributed by atoms with Crippen molar-refractivity contribution < 1.29 is 13.2 Å². The Morgan fingerprint density at radius 2 is 1.81 bits per heavy atom. The molecule has 2 saturated heterocycles. The van der Waals surface area contributed by atoms with Gasteiger partial charge in [-0.05, 0) is 56.0 Å². The molecule has 2 fully saturated rings. The van der Waals surface area contributed by atoms with Gasteiger partial charge in [0.1, 0.15) is 0 Å². The lowest BCUT2D eigenvalue weighted by Gasteiger charge is -2.20. The maximum absolute atomic E-state index is 12.7. The number of aliphatic imine (C=N–C) groups is 1. The molecule has 1 aromatic carbocycles. The number of halogens is 4. The highest BCUT2D eigenvalue weighted by Crippen LogP contribution is 2.29. The van der Waals surface area contributed by atoms with Crippen molar-refractivity contribution in [1.29, 1.82) is 0 Å². The number of likely N-dealkylation sites (tertiary alicyclic amines) is 2. The molecule has 3 rings (SSSR count). The van der Waals surface area contributed by atoms with Crippen LogP contribution in [-0.2, 0) is 12.7 Å². The molecule has 2 unspecified atom stereocenters. The zero-order valence-electron chi connectivity index (χ0n) is 18.4. The van der Waals surface area contributed by atoms with Crippen molar-refractivity contribution in [2.75, 3.05) is 46.3 Å². The molecule has 1 aromatic rings. The third-order valence-corrected chi connectivity index (χ3v) is 5.99. The Bertz CT molecular complexity index is 695. The van der Waals surface area contributed by atoms with Gasteiger partial charge in [-0.1, -0.05) is 19.1 Å². The van der Waals surface area contributed by atoms with Crippen LogP contribution in [0.5, 0.6) is 0 Å². The van der Waals surface area contributed by atoms with Crippen LogP contribution >= 0.6 is 24.0 Å². The summed E-state index contributed by atoms with van der Waals surface area (Å²) in [5, 5.41) is 6.98. The van der Waals surface area contributed by atoms with Crippen molar-refractivity contribution in [2.24, 2.45) is 10.9 Å². The fraction of sp³-hybridized carbons (Fsp3) is 0.682. The van der Waals surface area contributed by atoms with Crippen molar-refractivity contribution in [3.63, 3.8) is 0 Å². The van der Waals surface area contributed by atoms with Crippen LogP contribution in [0.1, 0.15) is 37.3 Å². The Labute approximate surface area is 200 Å². The molecule has 9 heteroatoms. The minimum atomic E-state index is -4.28. The molecule has 0 aromatic heterocycles. The van der Waals surface area contributed by atoms with Crippen LogP contribution in [0.15, 0.2) is 29.3 Å². The van der Waals surface area contributed by atoms with Gasteiger partial charge in [0.25, 0.3) is 0 Å². The lowest BCUT2D eigenvalue weighted by Crippen LogP contribution is -2.46. The van der Waals surface area contributed by atoms with Gasteiger partial charge in [0.05, 0.1) is 5.56 Å². The number of hydrogen-bond acceptors (Lipinski definition) is 3. The lowest BCUT2D eigenvalue weighted by atomic mass is 10.1. The predicted molar refractivity (Wildman–Crippen MR) is 130 cm³/mol. The molecule has 0 spiro atoms. The summed E-state index contributed by atoms with van der Waals surface area (Å²) in [6.45, 7) is 9.12. The van der Waals surface area contributed by atoms with Gasteiger partial charge in [-0.25, -0.2) is 0 Å². The summed E-state index contributed by atoms with van der Waals surface area (Å²) in [7, 11) is 1.79. The maximum atomic E-state index is 12.7. The number of alkyl halides is 3. The first-order valence-corrected chi connectivity index (χ1v) is 11.0. The first-order valence-electron chi connectivity index (χ1n) is 11.0. The van der Waals surface area contributed by atoms with E-state index in [0.717, 1.165) is 56.3 Å². The fourth-order valence-electron chi connectivity index (χ4n) is 4.38. The van der Waals surface area contributed by atoms with Gasteiger partial charge in [-0.2, -0.15) is 13.2 Å². The third-order valence-electron chi connectivity index (χ3n) is 5.99. The summed E-state index contributed by atoms with van der Waals surface area (Å²) >= 11 is 0. The third kappa shape index (κ3) is 8.09. The molecule has 0 saturated carbocycles. The highest BCUT2D eigenvalue weighted by atomic mass is 127. The Morgan fingerprint density at radius 3 is 2.45 bits per heavy atom. The van der Waals surface area contributed by atoms with E-state index in [1.54, 1.807) is 19.2 Å². The second-order valence-electron chi connectivity index (χ2n) is 8.47. The SMILES string of the molecule is CCCN1CCC(CNC(=NC)NC2CCN(Cc3ccc(C(F)(F)F)cc3)C2)C1.I. The zero-order chi connectivity index (χ0) is 21.6. The molecule has 2 atom stereocenters. The first kappa shape index (κ1) is 26.2. The Balaban J connectivity index is 0.00000341. The largest absolute Gasteiger partial charge is 0.416 e. The average Bonchev–Trinajstić information content (AvgIpc) is 3.34. The fourth-order valence-corrected chi connectivity index (χ4v) is 4.38. The molecule has 176 valence electrons. The van der Waals surface area contributed by atoms with E-state index in [1.807, 2.05) is 0 Å². The van der Waals surface area contributed by atoms with E-state index in [4.69, 9.17) is 0 Å². The molecule has 0 bridgehead atoms. The minimum absolute atomic E-state index is 0. The Kier molecular flexibility index (Phi) is 10.3. The summed E-state index contributed by atoms with van der Waals surface area (Å²) < 4.78 is 38.1. The first-order chi connectivity index (χ1) is 14.4. The molecule has 0 aliphatic carbocycles. The smallest absolute Gasteiger partial charge is 0.356 e. The minimum Gasteiger partial charge on any atom is -0.356 e. The van der Waals surface area contributed by atoms with Gasteiger partial charge in [-0.3, -0.25) is 9.89 Å². The van der Waals surface area contributed by atoms with Crippen LogP contribution in [0.4, 0.5) is 13.2 Å². The Morgan fingerprint density at radius 1 is 1.10 bits per heavy atom. The number of benzene rings is 1. The second-order valence-corrected chi connectivity index (χ2v) is 8.47. The molecular weight excluding hydrogens is 518 g/mol. The number of hydrogen-bond donors (Lipinski definition) is 2. The van der Waals surface area contributed by atoms with Crippen LogP contribution in [-0.4, -0.2) is 68.1 Å². The lowest BCUT2D eigenvalue weighted by molar-refractivity contribution is -0.137. The van der Waals surface area contributed by atoms with E-state index >= 15 is 0 Å². The van der Waals surface area contributed by atoms with Gasteiger partial charge >= 0.3 is 6.18 Å². The Hall–Kier alpha value is -1.07. The second kappa shape index (κ2) is 12.2. The van der Waals surface area contributed by atoms with E-state index in [9.17, 15) is 13.2 Å². The van der Waals surface area contributed by atoms with E-state index in [0.29, 0.717) is 18.5 Å². The molecule has 0 amide bonds. The van der Waals surface area contributed by atoms with Crippen molar-refractivity contribution in [3.8, 4) is 0 Å².